The average Bonchev–Trinajstić information content (AvgIpc) is 3.05. The fraction of sp³-hybridized carbons (Fsp3) is 0.529. The summed E-state index contributed by atoms with van der Waals surface area (Å²) in [7, 11) is 0. The first-order valence-electron chi connectivity index (χ1n) is 8.17. The largest absolute Gasteiger partial charge is 0.441 e. The van der Waals surface area contributed by atoms with E-state index in [1.54, 1.807) is 18.2 Å². The minimum absolute atomic E-state index is 0.0647. The molecule has 0 unspecified atom stereocenters. The number of alkyl halides is 3. The molecule has 1 atom stereocenters. The predicted molar refractivity (Wildman–Crippen MR) is 87.4 cm³/mol. The van der Waals surface area contributed by atoms with Crippen molar-refractivity contribution in [1.29, 1.82) is 0 Å². The molecule has 0 spiro atoms. The summed E-state index contributed by atoms with van der Waals surface area (Å²) < 4.78 is 45.0. The number of amides is 2. The van der Waals surface area contributed by atoms with E-state index in [-0.39, 0.29) is 13.0 Å². The van der Waals surface area contributed by atoms with E-state index in [1.165, 1.54) is 18.7 Å². The molecule has 1 aliphatic rings. The normalized spacial score (nSPS) is 20.2. The van der Waals surface area contributed by atoms with Crippen LogP contribution in [0.2, 0.25) is 0 Å². The number of fused-ring (bicyclic) bond motifs is 1. The van der Waals surface area contributed by atoms with Crippen molar-refractivity contribution in [1.82, 2.24) is 9.88 Å². The summed E-state index contributed by atoms with van der Waals surface area (Å²) in [5.74, 6) is -0.942. The maximum atomic E-state index is 13.2. The molecule has 1 fully saturated rings. The van der Waals surface area contributed by atoms with Crippen molar-refractivity contribution in [3.8, 4) is 0 Å². The number of nitrogens with zero attached hydrogens (tertiary/aromatic N) is 2. The van der Waals surface area contributed by atoms with Gasteiger partial charge >= 0.3 is 12.2 Å². The number of urea groups is 1. The molecule has 1 aromatic heterocycles. The minimum atomic E-state index is -4.32. The zero-order valence-electron chi connectivity index (χ0n) is 14.3. The number of halogens is 3. The van der Waals surface area contributed by atoms with Gasteiger partial charge in [0.1, 0.15) is 5.52 Å². The lowest BCUT2D eigenvalue weighted by atomic mass is 9.88. The van der Waals surface area contributed by atoms with Gasteiger partial charge in [-0.3, -0.25) is 0 Å². The van der Waals surface area contributed by atoms with Crippen LogP contribution >= 0.6 is 0 Å². The Morgan fingerprint density at radius 2 is 2.16 bits per heavy atom. The second-order valence-electron chi connectivity index (χ2n) is 6.76. The van der Waals surface area contributed by atoms with Gasteiger partial charge in [-0.05, 0) is 38.5 Å². The molecule has 2 amide bonds. The van der Waals surface area contributed by atoms with Crippen LogP contribution in [0.4, 0.5) is 23.7 Å². The van der Waals surface area contributed by atoms with Crippen LogP contribution in [-0.4, -0.2) is 34.2 Å². The van der Waals surface area contributed by atoms with E-state index in [0.29, 0.717) is 29.1 Å². The van der Waals surface area contributed by atoms with E-state index < -0.39 is 23.7 Å². The van der Waals surface area contributed by atoms with Crippen molar-refractivity contribution in [3.63, 3.8) is 0 Å². The smallest absolute Gasteiger partial charge is 0.394 e. The molecule has 1 saturated heterocycles. The lowest BCUT2D eigenvalue weighted by Gasteiger charge is -2.36. The summed E-state index contributed by atoms with van der Waals surface area (Å²) in [6, 6.07) is 4.44. The van der Waals surface area contributed by atoms with E-state index >= 15 is 0 Å². The third-order valence-electron chi connectivity index (χ3n) is 4.82. The molecule has 136 valence electrons. The third-order valence-corrected chi connectivity index (χ3v) is 4.82. The molecule has 0 saturated carbocycles. The Bertz CT molecular complexity index is 798. The summed E-state index contributed by atoms with van der Waals surface area (Å²) in [5.41, 5.74) is 0.382. The fourth-order valence-corrected chi connectivity index (χ4v) is 3.41. The van der Waals surface area contributed by atoms with Gasteiger partial charge < -0.3 is 14.6 Å². The Morgan fingerprint density at radius 3 is 2.76 bits per heavy atom. The van der Waals surface area contributed by atoms with Crippen LogP contribution in [0.3, 0.4) is 0 Å². The zero-order chi connectivity index (χ0) is 18.4. The molecule has 1 aromatic carbocycles. The molecular formula is C17H20F3N3O2. The molecule has 0 bridgehead atoms. The molecule has 25 heavy (non-hydrogen) atoms. The number of nitrogens with one attached hydrogen (secondary N) is 1. The fourth-order valence-electron chi connectivity index (χ4n) is 3.41. The maximum absolute atomic E-state index is 13.2. The second kappa shape index (κ2) is 5.93. The van der Waals surface area contributed by atoms with Crippen LogP contribution in [0.5, 0.6) is 0 Å². The van der Waals surface area contributed by atoms with E-state index in [2.05, 4.69) is 10.3 Å². The summed E-state index contributed by atoms with van der Waals surface area (Å²) in [5, 5.41) is 2.67. The highest BCUT2D eigenvalue weighted by Crippen LogP contribution is 2.44. The molecule has 3 rings (SSSR count). The molecule has 5 nitrogen and oxygen atoms in total. The molecule has 1 aliphatic heterocycles. The summed E-state index contributed by atoms with van der Waals surface area (Å²) in [6.07, 6.45) is -3.77. The Kier molecular flexibility index (Phi) is 4.17. The number of benzene rings is 1. The molecule has 1 N–H and O–H groups in total. The first-order valence-corrected chi connectivity index (χ1v) is 8.17. The number of anilines is 1. The molecule has 2 heterocycles. The van der Waals surface area contributed by atoms with E-state index in [0.717, 1.165) is 0 Å². The van der Waals surface area contributed by atoms with Crippen molar-refractivity contribution >= 4 is 22.8 Å². The Balaban J connectivity index is 1.78. The number of oxazole rings is 1. The highest BCUT2D eigenvalue weighted by atomic mass is 19.4. The van der Waals surface area contributed by atoms with E-state index in [9.17, 15) is 18.0 Å². The second-order valence-corrected chi connectivity index (χ2v) is 6.76. The third kappa shape index (κ3) is 3.17. The standard InChI is InChI=1S/C17H20F3N3O2/c1-4-14-22-11-9-10(5-6-12(11)25-14)21-15(24)23-8-7-13(16(23,2)3)17(18,19)20/h5-6,9,13H,4,7-8H2,1-3H3,(H,21,24)/t13-/m1/s1. The Labute approximate surface area is 143 Å². The van der Waals surface area contributed by atoms with E-state index in [4.69, 9.17) is 4.42 Å². The number of hydrogen-bond donors (Lipinski definition) is 1. The van der Waals surface area contributed by atoms with Gasteiger partial charge in [-0.25, -0.2) is 9.78 Å². The van der Waals surface area contributed by atoms with Gasteiger partial charge in [-0.1, -0.05) is 6.92 Å². The monoisotopic (exact) mass is 355 g/mol. The van der Waals surface area contributed by atoms with Crippen LogP contribution < -0.4 is 5.32 Å². The number of hydrogen-bond acceptors (Lipinski definition) is 3. The van der Waals surface area contributed by atoms with Crippen molar-refractivity contribution < 1.29 is 22.4 Å². The summed E-state index contributed by atoms with van der Waals surface area (Å²) in [4.78, 5) is 18.0. The lowest BCUT2D eigenvalue weighted by Crippen LogP contribution is -2.51. The van der Waals surface area contributed by atoms with Gasteiger partial charge in [0.15, 0.2) is 11.5 Å². The van der Waals surface area contributed by atoms with Crippen molar-refractivity contribution in [2.75, 3.05) is 11.9 Å². The highest BCUT2D eigenvalue weighted by molar-refractivity contribution is 5.92. The Hall–Kier alpha value is -2.25. The van der Waals surface area contributed by atoms with Crippen LogP contribution in [0.15, 0.2) is 22.6 Å². The summed E-state index contributed by atoms with van der Waals surface area (Å²) in [6.45, 7) is 4.88. The van der Waals surface area contributed by atoms with Gasteiger partial charge in [-0.15, -0.1) is 0 Å². The number of likely N-dealkylation sites (tertiary alicyclic amines) is 1. The first kappa shape index (κ1) is 17.6. The van der Waals surface area contributed by atoms with Gasteiger partial charge in [-0.2, -0.15) is 13.2 Å². The van der Waals surface area contributed by atoms with Crippen LogP contribution in [0.25, 0.3) is 11.1 Å². The Morgan fingerprint density at radius 1 is 1.44 bits per heavy atom. The van der Waals surface area contributed by atoms with Gasteiger partial charge in [0.25, 0.3) is 0 Å². The lowest BCUT2D eigenvalue weighted by molar-refractivity contribution is -0.189. The number of carbonyl (C=O) groups excluding carboxylic acids is 1. The van der Waals surface area contributed by atoms with Crippen LogP contribution in [0, 0.1) is 5.92 Å². The van der Waals surface area contributed by atoms with Crippen LogP contribution in [-0.2, 0) is 6.42 Å². The molecule has 0 aliphatic carbocycles. The SMILES string of the molecule is CCc1nc2cc(NC(=O)N3CC[C@@H](C(F)(F)F)C3(C)C)ccc2o1. The van der Waals surface area contributed by atoms with Crippen LogP contribution in [0.1, 0.15) is 33.1 Å². The van der Waals surface area contributed by atoms with Gasteiger partial charge in [0.05, 0.1) is 11.5 Å². The average molecular weight is 355 g/mol. The highest BCUT2D eigenvalue weighted by Gasteiger charge is 2.56. The van der Waals surface area contributed by atoms with Gasteiger partial charge in [0.2, 0.25) is 0 Å². The van der Waals surface area contributed by atoms with Gasteiger partial charge in [0, 0.05) is 18.7 Å². The first-order chi connectivity index (χ1) is 11.6. The minimum Gasteiger partial charge on any atom is -0.441 e. The zero-order valence-corrected chi connectivity index (χ0v) is 14.3. The molecular weight excluding hydrogens is 335 g/mol. The number of rotatable bonds is 2. The summed E-state index contributed by atoms with van der Waals surface area (Å²) >= 11 is 0. The number of carbonyl (C=O) groups is 1. The quantitative estimate of drug-likeness (QED) is 0.857. The maximum Gasteiger partial charge on any atom is 0.394 e. The number of aryl methyl sites for hydroxylation is 1. The van der Waals surface area contributed by atoms with Crippen molar-refractivity contribution in [3.05, 3.63) is 24.1 Å². The van der Waals surface area contributed by atoms with E-state index in [1.807, 2.05) is 6.92 Å². The molecule has 8 heteroatoms. The van der Waals surface area contributed by atoms with Crippen molar-refractivity contribution in [2.24, 2.45) is 5.92 Å². The van der Waals surface area contributed by atoms with Crippen molar-refractivity contribution in [2.45, 2.75) is 45.3 Å². The molecule has 2 aromatic rings. The predicted octanol–water partition coefficient (Wildman–Crippen LogP) is 4.58. The number of aromatic nitrogens is 1. The molecule has 0 radical (unpaired) electrons. The topological polar surface area (TPSA) is 58.4 Å².